The topological polar surface area (TPSA) is 6.48 Å². The zero-order chi connectivity index (χ0) is 30.5. The van der Waals surface area contributed by atoms with Crippen molar-refractivity contribution in [3.63, 3.8) is 0 Å². The van der Waals surface area contributed by atoms with Crippen molar-refractivity contribution in [2.45, 2.75) is 12.8 Å². The van der Waals surface area contributed by atoms with Gasteiger partial charge in [0.05, 0.1) is 0 Å². The number of fused-ring (bicyclic) bond motifs is 6. The Morgan fingerprint density at radius 1 is 0.261 bits per heavy atom. The second-order valence-corrected chi connectivity index (χ2v) is 12.2. The first-order valence-electron chi connectivity index (χ1n) is 16.0. The number of benzene rings is 7. The van der Waals surface area contributed by atoms with E-state index in [1.54, 1.807) is 0 Å². The first kappa shape index (κ1) is 26.5. The molecule has 0 amide bonds. The summed E-state index contributed by atoms with van der Waals surface area (Å²) < 4.78 is 0. The third kappa shape index (κ3) is 4.50. The molecule has 2 nitrogen and oxygen atoms in total. The van der Waals surface area contributed by atoms with Crippen molar-refractivity contribution in [2.75, 3.05) is 9.80 Å². The predicted molar refractivity (Wildman–Crippen MR) is 192 cm³/mol. The molecule has 0 spiro atoms. The van der Waals surface area contributed by atoms with E-state index in [0.717, 1.165) is 35.6 Å². The average molecular weight is 589 g/mol. The predicted octanol–water partition coefficient (Wildman–Crippen LogP) is 11.8. The van der Waals surface area contributed by atoms with Crippen LogP contribution >= 0.6 is 0 Å². The summed E-state index contributed by atoms with van der Waals surface area (Å²) >= 11 is 0. The van der Waals surface area contributed by atoms with Gasteiger partial charge in [0.1, 0.15) is 0 Å². The molecule has 0 fully saturated rings. The molecule has 0 radical (unpaired) electrons. The van der Waals surface area contributed by atoms with Gasteiger partial charge in [-0.3, -0.25) is 0 Å². The molecule has 0 atom stereocenters. The molecule has 0 saturated carbocycles. The molecular formula is C44H32N2. The number of nitrogens with zero attached hydrogens (tertiary/aromatic N) is 2. The molecule has 46 heavy (non-hydrogen) atoms. The molecule has 2 heteroatoms. The van der Waals surface area contributed by atoms with Crippen LogP contribution in [0.15, 0.2) is 170 Å². The van der Waals surface area contributed by atoms with Gasteiger partial charge in [0.25, 0.3) is 0 Å². The Labute approximate surface area is 270 Å². The van der Waals surface area contributed by atoms with Crippen molar-refractivity contribution in [3.05, 3.63) is 192 Å². The van der Waals surface area contributed by atoms with E-state index in [4.69, 9.17) is 0 Å². The van der Waals surface area contributed by atoms with Crippen molar-refractivity contribution < 1.29 is 0 Å². The first-order chi connectivity index (χ1) is 22.8. The molecule has 9 rings (SSSR count). The van der Waals surface area contributed by atoms with Gasteiger partial charge in [0.15, 0.2) is 0 Å². The Kier molecular flexibility index (Phi) is 6.31. The SMILES string of the molecule is c1ccc(N(c2ccccc2)c2ccc3c(c2)-c2cc4c(cc2C3)-c2cc(N(c3ccccc3)c3ccccc3)ccc2C4)cc1. The van der Waals surface area contributed by atoms with Crippen LogP contribution in [0.2, 0.25) is 0 Å². The minimum atomic E-state index is 0.962. The summed E-state index contributed by atoms with van der Waals surface area (Å²) in [6.07, 6.45) is 1.92. The minimum absolute atomic E-state index is 0.962. The first-order valence-corrected chi connectivity index (χ1v) is 16.0. The van der Waals surface area contributed by atoms with E-state index in [1.165, 1.54) is 55.9 Å². The van der Waals surface area contributed by atoms with E-state index in [-0.39, 0.29) is 0 Å². The Hall–Kier alpha value is -5.86. The normalized spacial score (nSPS) is 12.2. The maximum Gasteiger partial charge on any atom is 0.0467 e. The van der Waals surface area contributed by atoms with Gasteiger partial charge in [-0.25, -0.2) is 0 Å². The Morgan fingerprint density at radius 3 is 0.891 bits per heavy atom. The van der Waals surface area contributed by atoms with Crippen molar-refractivity contribution in [2.24, 2.45) is 0 Å². The minimum Gasteiger partial charge on any atom is -0.310 e. The molecule has 7 aromatic carbocycles. The number of hydrogen-bond donors (Lipinski definition) is 0. The average Bonchev–Trinajstić information content (AvgIpc) is 3.66. The van der Waals surface area contributed by atoms with Crippen LogP contribution < -0.4 is 9.80 Å². The van der Waals surface area contributed by atoms with Crippen LogP contribution in [0.4, 0.5) is 34.1 Å². The smallest absolute Gasteiger partial charge is 0.0467 e. The molecule has 0 heterocycles. The van der Waals surface area contributed by atoms with Gasteiger partial charge in [0.2, 0.25) is 0 Å². The summed E-state index contributed by atoms with van der Waals surface area (Å²) in [6.45, 7) is 0. The molecule has 0 aliphatic heterocycles. The number of para-hydroxylation sites is 4. The number of anilines is 6. The van der Waals surface area contributed by atoms with Crippen molar-refractivity contribution in [1.82, 2.24) is 0 Å². The van der Waals surface area contributed by atoms with Gasteiger partial charge >= 0.3 is 0 Å². The van der Waals surface area contributed by atoms with Crippen LogP contribution in [-0.4, -0.2) is 0 Å². The van der Waals surface area contributed by atoms with E-state index in [0.29, 0.717) is 0 Å². The Balaban J connectivity index is 1.11. The van der Waals surface area contributed by atoms with Crippen molar-refractivity contribution >= 4 is 34.1 Å². The van der Waals surface area contributed by atoms with E-state index in [9.17, 15) is 0 Å². The number of hydrogen-bond acceptors (Lipinski definition) is 2. The van der Waals surface area contributed by atoms with E-state index in [1.807, 2.05) is 0 Å². The lowest BCUT2D eigenvalue weighted by Gasteiger charge is -2.26. The van der Waals surface area contributed by atoms with Gasteiger partial charge < -0.3 is 9.80 Å². The molecule has 0 N–H and O–H groups in total. The van der Waals surface area contributed by atoms with Crippen LogP contribution in [0.3, 0.4) is 0 Å². The zero-order valence-electron chi connectivity index (χ0n) is 25.5. The van der Waals surface area contributed by atoms with Crippen LogP contribution in [0.1, 0.15) is 22.3 Å². The molecule has 0 saturated heterocycles. The van der Waals surface area contributed by atoms with Gasteiger partial charge in [-0.05, 0) is 142 Å². The highest BCUT2D eigenvalue weighted by molar-refractivity contribution is 5.90. The monoisotopic (exact) mass is 588 g/mol. The van der Waals surface area contributed by atoms with Crippen LogP contribution in [0.25, 0.3) is 22.3 Å². The molecule has 7 aromatic rings. The van der Waals surface area contributed by atoms with Gasteiger partial charge in [-0.2, -0.15) is 0 Å². The van der Waals surface area contributed by atoms with Gasteiger partial charge in [-0.1, -0.05) is 84.9 Å². The Bertz CT molecular complexity index is 1950. The number of rotatable bonds is 6. The lowest BCUT2D eigenvalue weighted by molar-refractivity contribution is 1.23. The van der Waals surface area contributed by atoms with E-state index >= 15 is 0 Å². The van der Waals surface area contributed by atoms with E-state index < -0.39 is 0 Å². The second-order valence-electron chi connectivity index (χ2n) is 12.2. The quantitative estimate of drug-likeness (QED) is 0.191. The van der Waals surface area contributed by atoms with Crippen LogP contribution in [0.5, 0.6) is 0 Å². The zero-order valence-corrected chi connectivity index (χ0v) is 25.5. The fraction of sp³-hybridized carbons (Fsp3) is 0.0455. The molecular weight excluding hydrogens is 556 g/mol. The van der Waals surface area contributed by atoms with Gasteiger partial charge in [-0.15, -0.1) is 0 Å². The Morgan fingerprint density at radius 2 is 0.565 bits per heavy atom. The molecule has 0 bridgehead atoms. The fourth-order valence-corrected chi connectivity index (χ4v) is 7.31. The van der Waals surface area contributed by atoms with Crippen LogP contribution in [-0.2, 0) is 12.8 Å². The van der Waals surface area contributed by atoms with Gasteiger partial charge in [0, 0.05) is 34.1 Å². The highest BCUT2D eigenvalue weighted by atomic mass is 15.1. The highest BCUT2D eigenvalue weighted by Crippen LogP contribution is 2.48. The lowest BCUT2D eigenvalue weighted by Crippen LogP contribution is -2.09. The fourth-order valence-electron chi connectivity index (χ4n) is 7.31. The van der Waals surface area contributed by atoms with Crippen LogP contribution in [0, 0.1) is 0 Å². The second kappa shape index (κ2) is 10.9. The maximum atomic E-state index is 2.47. The highest BCUT2D eigenvalue weighted by Gasteiger charge is 2.27. The molecule has 0 unspecified atom stereocenters. The molecule has 218 valence electrons. The lowest BCUT2D eigenvalue weighted by atomic mass is 9.97. The maximum absolute atomic E-state index is 2.47. The summed E-state index contributed by atoms with van der Waals surface area (Å²) in [5, 5.41) is 0. The molecule has 0 aromatic heterocycles. The summed E-state index contributed by atoms with van der Waals surface area (Å²) in [7, 11) is 0. The largest absolute Gasteiger partial charge is 0.310 e. The van der Waals surface area contributed by atoms with Crippen molar-refractivity contribution in [1.29, 1.82) is 0 Å². The molecule has 2 aliphatic carbocycles. The third-order valence-corrected chi connectivity index (χ3v) is 9.43. The molecule has 2 aliphatic rings. The van der Waals surface area contributed by atoms with Crippen molar-refractivity contribution in [3.8, 4) is 22.3 Å². The summed E-state index contributed by atoms with van der Waals surface area (Å²) in [4.78, 5) is 4.71. The summed E-state index contributed by atoms with van der Waals surface area (Å²) in [6, 6.07) is 61.6. The standard InChI is InChI=1S/C44H32N2/c1-5-13-35(14-6-1)45(36-15-7-2-8-16-36)39-23-21-31-25-33-28-42-34(27-41(33)43(31)29-39)26-32-22-24-40(30-44(32)42)46(37-17-9-3-10-18-37)38-19-11-4-12-20-38/h1-24,27-30H,25-26H2. The summed E-state index contributed by atoms with van der Waals surface area (Å²) in [5.74, 6) is 0. The summed E-state index contributed by atoms with van der Waals surface area (Å²) in [5.41, 5.74) is 18.1. The third-order valence-electron chi connectivity index (χ3n) is 9.43. The van der Waals surface area contributed by atoms with E-state index in [2.05, 4.69) is 180 Å².